The van der Waals surface area contributed by atoms with Gasteiger partial charge in [0.15, 0.2) is 17.5 Å². The van der Waals surface area contributed by atoms with Crippen LogP contribution in [-0.2, 0) is 4.79 Å². The number of carbonyl (C=O) groups is 1. The molecule has 0 aliphatic heterocycles. The summed E-state index contributed by atoms with van der Waals surface area (Å²) in [5.74, 6) is -5.97. The molecule has 0 saturated heterocycles. The lowest BCUT2D eigenvalue weighted by Gasteiger charge is -2.07. The maximum absolute atomic E-state index is 13.8. The predicted molar refractivity (Wildman–Crippen MR) is 63.0 cm³/mol. The van der Waals surface area contributed by atoms with E-state index in [0.29, 0.717) is 12.1 Å². The van der Waals surface area contributed by atoms with Crippen LogP contribution in [0.3, 0.4) is 0 Å². The number of halogens is 4. The van der Waals surface area contributed by atoms with E-state index < -0.39 is 29.2 Å². The number of hydrogen-bond acceptors (Lipinski definition) is 2. The third kappa shape index (κ3) is 2.79. The second kappa shape index (κ2) is 5.32. The molecule has 0 aliphatic rings. The van der Waals surface area contributed by atoms with E-state index in [1.807, 2.05) is 0 Å². The maximum Gasteiger partial charge on any atom is 0.308 e. The van der Waals surface area contributed by atoms with Crippen molar-refractivity contribution < 1.29 is 27.1 Å². The summed E-state index contributed by atoms with van der Waals surface area (Å²) >= 11 is 0. The van der Waals surface area contributed by atoms with Crippen LogP contribution in [0.15, 0.2) is 30.3 Å². The van der Waals surface area contributed by atoms with Gasteiger partial charge in [0.25, 0.3) is 0 Å². The quantitative estimate of drug-likeness (QED) is 0.362. The van der Waals surface area contributed by atoms with Crippen LogP contribution >= 0.6 is 0 Å². The van der Waals surface area contributed by atoms with Gasteiger partial charge in [0.2, 0.25) is 0 Å². The van der Waals surface area contributed by atoms with Crippen molar-refractivity contribution in [1.29, 1.82) is 0 Å². The molecule has 2 rings (SSSR count). The molecule has 0 fully saturated rings. The highest BCUT2D eigenvalue weighted by Gasteiger charge is 2.14. The van der Waals surface area contributed by atoms with Crippen LogP contribution in [0.25, 0.3) is 11.1 Å². The lowest BCUT2D eigenvalue weighted by atomic mass is 10.0. The first-order chi connectivity index (χ1) is 9.38. The fourth-order valence-electron chi connectivity index (χ4n) is 1.67. The number of esters is 1. The molecule has 2 aromatic carbocycles. The Balaban J connectivity index is 2.46. The van der Waals surface area contributed by atoms with Crippen LogP contribution in [0.5, 0.6) is 5.75 Å². The van der Waals surface area contributed by atoms with Crippen molar-refractivity contribution in [2.24, 2.45) is 0 Å². The molecule has 6 heteroatoms. The Bertz CT molecular complexity index is 660. The maximum atomic E-state index is 13.8. The minimum Gasteiger partial charge on any atom is -0.427 e. The molecule has 0 amide bonds. The monoisotopic (exact) mass is 284 g/mol. The summed E-state index contributed by atoms with van der Waals surface area (Å²) < 4.78 is 57.5. The van der Waals surface area contributed by atoms with Gasteiger partial charge in [-0.15, -0.1) is 0 Å². The molecule has 0 unspecified atom stereocenters. The predicted octanol–water partition coefficient (Wildman–Crippen LogP) is 3.84. The van der Waals surface area contributed by atoms with Gasteiger partial charge in [0.1, 0.15) is 11.6 Å². The topological polar surface area (TPSA) is 26.3 Å². The molecule has 0 bridgehead atoms. The van der Waals surface area contributed by atoms with Crippen molar-refractivity contribution in [2.75, 3.05) is 0 Å². The highest BCUT2D eigenvalue weighted by Crippen LogP contribution is 2.28. The zero-order chi connectivity index (χ0) is 14.9. The molecule has 0 aliphatic carbocycles. The van der Waals surface area contributed by atoms with E-state index in [0.717, 1.165) is 13.0 Å². The smallest absolute Gasteiger partial charge is 0.308 e. The first-order valence-electron chi connectivity index (χ1n) is 5.51. The zero-order valence-electron chi connectivity index (χ0n) is 10.2. The van der Waals surface area contributed by atoms with E-state index >= 15 is 0 Å². The van der Waals surface area contributed by atoms with Crippen LogP contribution in [0.2, 0.25) is 0 Å². The summed E-state index contributed by atoms with van der Waals surface area (Å²) in [6, 6.07) is 4.71. The fourth-order valence-corrected chi connectivity index (χ4v) is 1.67. The summed E-state index contributed by atoms with van der Waals surface area (Å²) in [4.78, 5) is 10.7. The van der Waals surface area contributed by atoms with Gasteiger partial charge in [-0.2, -0.15) is 0 Å². The van der Waals surface area contributed by atoms with Gasteiger partial charge in [-0.25, -0.2) is 17.6 Å². The van der Waals surface area contributed by atoms with E-state index in [2.05, 4.69) is 4.74 Å². The Hall–Kier alpha value is -2.37. The largest absolute Gasteiger partial charge is 0.427 e. The van der Waals surface area contributed by atoms with E-state index in [9.17, 15) is 22.4 Å². The molecule has 0 spiro atoms. The van der Waals surface area contributed by atoms with E-state index in [-0.39, 0.29) is 16.9 Å². The molecule has 20 heavy (non-hydrogen) atoms. The van der Waals surface area contributed by atoms with Gasteiger partial charge in [-0.3, -0.25) is 4.79 Å². The van der Waals surface area contributed by atoms with Crippen LogP contribution in [0.4, 0.5) is 17.6 Å². The Kier molecular flexibility index (Phi) is 3.74. The van der Waals surface area contributed by atoms with Gasteiger partial charge >= 0.3 is 5.97 Å². The van der Waals surface area contributed by atoms with Crippen molar-refractivity contribution in [3.05, 3.63) is 53.6 Å². The van der Waals surface area contributed by atoms with Gasteiger partial charge in [0.05, 0.1) is 0 Å². The Labute approximate surface area is 111 Å². The van der Waals surface area contributed by atoms with E-state index in [1.54, 1.807) is 0 Å². The Morgan fingerprint density at radius 1 is 0.950 bits per heavy atom. The summed E-state index contributed by atoms with van der Waals surface area (Å²) in [5.41, 5.74) is -0.299. The molecule has 0 radical (unpaired) electrons. The van der Waals surface area contributed by atoms with Gasteiger partial charge in [-0.1, -0.05) is 0 Å². The standard InChI is InChI=1S/C14H8F4O2/c1-7(19)20-9-2-3-10(11(15)6-9)8-4-12(16)14(18)13(17)5-8/h2-6H,1H3. The SMILES string of the molecule is CC(=O)Oc1ccc(-c2cc(F)c(F)c(F)c2)c(F)c1. The zero-order valence-corrected chi connectivity index (χ0v) is 10.2. The molecular formula is C14H8F4O2. The van der Waals surface area contributed by atoms with Gasteiger partial charge < -0.3 is 4.74 Å². The third-order valence-corrected chi connectivity index (χ3v) is 2.50. The summed E-state index contributed by atoms with van der Waals surface area (Å²) in [7, 11) is 0. The molecule has 2 nitrogen and oxygen atoms in total. The summed E-state index contributed by atoms with van der Waals surface area (Å²) in [6.45, 7) is 1.15. The fraction of sp³-hybridized carbons (Fsp3) is 0.0714. The second-order valence-corrected chi connectivity index (χ2v) is 3.99. The summed E-state index contributed by atoms with van der Waals surface area (Å²) in [6.07, 6.45) is 0. The average molecular weight is 284 g/mol. The lowest BCUT2D eigenvalue weighted by molar-refractivity contribution is -0.131. The molecule has 0 N–H and O–H groups in total. The molecule has 2 aromatic rings. The van der Waals surface area contributed by atoms with Crippen LogP contribution in [0.1, 0.15) is 6.92 Å². The lowest BCUT2D eigenvalue weighted by Crippen LogP contribution is -2.02. The highest BCUT2D eigenvalue weighted by atomic mass is 19.2. The van der Waals surface area contributed by atoms with Crippen molar-refractivity contribution in [2.45, 2.75) is 6.92 Å². The number of rotatable bonds is 2. The molecule has 104 valence electrons. The normalized spacial score (nSPS) is 10.4. The van der Waals surface area contributed by atoms with E-state index in [1.165, 1.54) is 12.1 Å². The van der Waals surface area contributed by atoms with Crippen molar-refractivity contribution in [3.8, 4) is 16.9 Å². The van der Waals surface area contributed by atoms with Crippen LogP contribution < -0.4 is 4.74 Å². The number of carbonyl (C=O) groups excluding carboxylic acids is 1. The number of benzene rings is 2. The second-order valence-electron chi connectivity index (χ2n) is 3.99. The van der Waals surface area contributed by atoms with E-state index in [4.69, 9.17) is 0 Å². The van der Waals surface area contributed by atoms with Crippen molar-refractivity contribution in [3.63, 3.8) is 0 Å². The summed E-state index contributed by atoms with van der Waals surface area (Å²) in [5, 5.41) is 0. The first kappa shape index (κ1) is 14.0. The first-order valence-corrected chi connectivity index (χ1v) is 5.51. The Morgan fingerprint density at radius 3 is 2.05 bits per heavy atom. The minimum absolute atomic E-state index is 0.0400. The average Bonchev–Trinajstić information content (AvgIpc) is 2.34. The van der Waals surface area contributed by atoms with Gasteiger partial charge in [0, 0.05) is 18.6 Å². The third-order valence-electron chi connectivity index (χ3n) is 2.50. The van der Waals surface area contributed by atoms with Crippen molar-refractivity contribution in [1.82, 2.24) is 0 Å². The Morgan fingerprint density at radius 2 is 1.55 bits per heavy atom. The van der Waals surface area contributed by atoms with Crippen molar-refractivity contribution >= 4 is 5.97 Å². The number of ether oxygens (including phenoxy) is 1. The molecule has 0 aromatic heterocycles. The highest BCUT2D eigenvalue weighted by molar-refractivity contribution is 5.70. The van der Waals surface area contributed by atoms with Crippen LogP contribution in [0, 0.1) is 23.3 Å². The number of hydrogen-bond donors (Lipinski definition) is 0. The van der Waals surface area contributed by atoms with Crippen LogP contribution in [-0.4, -0.2) is 5.97 Å². The minimum atomic E-state index is -1.62. The molecule has 0 saturated carbocycles. The molecule has 0 heterocycles. The molecule has 0 atom stereocenters. The molecular weight excluding hydrogens is 276 g/mol. The van der Waals surface area contributed by atoms with Gasteiger partial charge in [-0.05, 0) is 29.8 Å².